The van der Waals surface area contributed by atoms with Gasteiger partial charge in [-0.05, 0) is 12.1 Å². The molecule has 0 amide bonds. The van der Waals surface area contributed by atoms with Crippen molar-refractivity contribution in [2.75, 3.05) is 5.48 Å². The molecule has 4 heteroatoms. The van der Waals surface area contributed by atoms with Gasteiger partial charge in [-0.25, -0.2) is 4.98 Å². The lowest BCUT2D eigenvalue weighted by Crippen LogP contribution is -1.90. The maximum absolute atomic E-state index is 8.34. The zero-order chi connectivity index (χ0) is 6.69. The summed E-state index contributed by atoms with van der Waals surface area (Å²) in [4.78, 5) is 3.69. The van der Waals surface area contributed by atoms with E-state index in [9.17, 15) is 0 Å². The van der Waals surface area contributed by atoms with Crippen LogP contribution in [0.5, 0.6) is 0 Å². The molecule has 0 saturated heterocycles. The van der Waals surface area contributed by atoms with Gasteiger partial charge >= 0.3 is 0 Å². The quantitative estimate of drug-likeness (QED) is 0.464. The molecule has 0 atom stereocenters. The van der Waals surface area contributed by atoms with Gasteiger partial charge in [0.25, 0.3) is 0 Å². The third-order valence-electron chi connectivity index (χ3n) is 0.880. The van der Waals surface area contributed by atoms with E-state index in [-0.39, 0.29) is 5.15 Å². The second kappa shape index (κ2) is 2.66. The first-order chi connectivity index (χ1) is 4.34. The molecule has 1 heterocycles. The first kappa shape index (κ1) is 6.32. The van der Waals surface area contributed by atoms with E-state index in [1.54, 1.807) is 18.3 Å². The average molecular weight is 145 g/mol. The second-order valence-corrected chi connectivity index (χ2v) is 1.81. The number of aromatic nitrogens is 1. The molecule has 0 spiro atoms. The second-order valence-electron chi connectivity index (χ2n) is 1.45. The summed E-state index contributed by atoms with van der Waals surface area (Å²) in [5.41, 5.74) is 2.32. The highest BCUT2D eigenvalue weighted by atomic mass is 35.5. The van der Waals surface area contributed by atoms with Crippen LogP contribution in [0, 0.1) is 0 Å². The van der Waals surface area contributed by atoms with Gasteiger partial charge in [0.2, 0.25) is 0 Å². The Balaban J connectivity index is 3.01. The van der Waals surface area contributed by atoms with Crippen molar-refractivity contribution < 1.29 is 5.21 Å². The SMILES string of the molecule is ONc1cccnc1Cl. The molecule has 1 rings (SSSR count). The molecule has 1 aromatic rings. The predicted octanol–water partition coefficient (Wildman–Crippen LogP) is 1.54. The van der Waals surface area contributed by atoms with Crippen molar-refractivity contribution in [3.8, 4) is 0 Å². The summed E-state index contributed by atoms with van der Waals surface area (Å²) in [6.45, 7) is 0. The third kappa shape index (κ3) is 1.31. The van der Waals surface area contributed by atoms with Crippen molar-refractivity contribution in [2.24, 2.45) is 0 Å². The van der Waals surface area contributed by atoms with Gasteiger partial charge in [-0.3, -0.25) is 10.7 Å². The Labute approximate surface area is 57.3 Å². The van der Waals surface area contributed by atoms with Crippen LogP contribution in [0.25, 0.3) is 0 Å². The average Bonchev–Trinajstić information content (AvgIpc) is 1.89. The van der Waals surface area contributed by atoms with Crippen LogP contribution in [0.1, 0.15) is 0 Å². The molecular weight excluding hydrogens is 140 g/mol. The molecule has 3 nitrogen and oxygen atoms in total. The van der Waals surface area contributed by atoms with Crippen molar-refractivity contribution >= 4 is 17.3 Å². The molecule has 0 aromatic carbocycles. The van der Waals surface area contributed by atoms with E-state index in [0.29, 0.717) is 5.69 Å². The molecule has 0 fully saturated rings. The molecule has 48 valence electrons. The normalized spacial score (nSPS) is 9.11. The first-order valence-corrected chi connectivity index (χ1v) is 2.73. The summed E-state index contributed by atoms with van der Waals surface area (Å²) >= 11 is 5.49. The van der Waals surface area contributed by atoms with Crippen molar-refractivity contribution in [1.82, 2.24) is 4.98 Å². The lowest BCUT2D eigenvalue weighted by Gasteiger charge is -1.96. The van der Waals surface area contributed by atoms with Gasteiger partial charge < -0.3 is 0 Å². The maximum atomic E-state index is 8.34. The monoisotopic (exact) mass is 144 g/mol. The first-order valence-electron chi connectivity index (χ1n) is 2.35. The van der Waals surface area contributed by atoms with Crippen LogP contribution in [0.15, 0.2) is 18.3 Å². The summed E-state index contributed by atoms with van der Waals surface area (Å²) in [5.74, 6) is 0. The van der Waals surface area contributed by atoms with Crippen LogP contribution in [0.3, 0.4) is 0 Å². The number of hydrogen-bond donors (Lipinski definition) is 2. The van der Waals surface area contributed by atoms with Gasteiger partial charge in [-0.15, -0.1) is 0 Å². The molecule has 0 aliphatic heterocycles. The Kier molecular flexibility index (Phi) is 1.87. The van der Waals surface area contributed by atoms with Crippen LogP contribution in [-0.4, -0.2) is 10.2 Å². The van der Waals surface area contributed by atoms with Crippen LogP contribution in [0.2, 0.25) is 5.15 Å². The highest BCUT2D eigenvalue weighted by Gasteiger charge is 1.94. The van der Waals surface area contributed by atoms with Crippen molar-refractivity contribution in [2.45, 2.75) is 0 Å². The van der Waals surface area contributed by atoms with Gasteiger partial charge in [0.15, 0.2) is 5.15 Å². The maximum Gasteiger partial charge on any atom is 0.154 e. The van der Waals surface area contributed by atoms with Crippen LogP contribution < -0.4 is 5.48 Å². The van der Waals surface area contributed by atoms with Gasteiger partial charge in [0, 0.05) is 6.20 Å². The molecule has 0 bridgehead atoms. The van der Waals surface area contributed by atoms with Crippen LogP contribution in [-0.2, 0) is 0 Å². The largest absolute Gasteiger partial charge is 0.291 e. The molecule has 0 aliphatic carbocycles. The Hall–Kier alpha value is -0.800. The summed E-state index contributed by atoms with van der Waals surface area (Å²) < 4.78 is 0. The molecule has 0 unspecified atom stereocenters. The zero-order valence-corrected chi connectivity index (χ0v) is 5.26. The lowest BCUT2D eigenvalue weighted by molar-refractivity contribution is 0.388. The van der Waals surface area contributed by atoms with Gasteiger partial charge in [0.1, 0.15) is 0 Å². The Morgan fingerprint density at radius 3 is 2.89 bits per heavy atom. The van der Waals surface area contributed by atoms with Crippen molar-refractivity contribution in [3.63, 3.8) is 0 Å². The summed E-state index contributed by atoms with van der Waals surface area (Å²) in [5, 5.41) is 8.61. The number of rotatable bonds is 1. The highest BCUT2D eigenvalue weighted by Crippen LogP contribution is 2.15. The topological polar surface area (TPSA) is 45.1 Å². The molecule has 0 radical (unpaired) electrons. The fourth-order valence-electron chi connectivity index (χ4n) is 0.469. The summed E-state index contributed by atoms with van der Waals surface area (Å²) in [7, 11) is 0. The summed E-state index contributed by atoms with van der Waals surface area (Å²) in [6.07, 6.45) is 1.54. The minimum absolute atomic E-state index is 0.264. The third-order valence-corrected chi connectivity index (χ3v) is 1.18. The van der Waals surface area contributed by atoms with Crippen LogP contribution in [0.4, 0.5) is 5.69 Å². The van der Waals surface area contributed by atoms with Crippen LogP contribution >= 0.6 is 11.6 Å². The Bertz CT molecular complexity index is 204. The van der Waals surface area contributed by atoms with Gasteiger partial charge in [-0.1, -0.05) is 11.6 Å². The van der Waals surface area contributed by atoms with E-state index in [1.165, 1.54) is 0 Å². The fraction of sp³-hybridized carbons (Fsp3) is 0. The molecule has 0 aliphatic rings. The van der Waals surface area contributed by atoms with E-state index < -0.39 is 0 Å². The van der Waals surface area contributed by atoms with E-state index >= 15 is 0 Å². The van der Waals surface area contributed by atoms with Crippen molar-refractivity contribution in [1.29, 1.82) is 0 Å². The predicted molar refractivity (Wildman–Crippen MR) is 34.7 cm³/mol. The van der Waals surface area contributed by atoms with Crippen molar-refractivity contribution in [3.05, 3.63) is 23.5 Å². The van der Waals surface area contributed by atoms with E-state index in [4.69, 9.17) is 16.8 Å². The Morgan fingerprint density at radius 1 is 1.67 bits per heavy atom. The molecular formula is C5H5ClN2O. The number of nitrogens with zero attached hydrogens (tertiary/aromatic N) is 1. The standard InChI is InChI=1S/C5H5ClN2O/c6-5-4(8-9)2-1-3-7-5/h1-3,8-9H. The smallest absolute Gasteiger partial charge is 0.154 e. The van der Waals surface area contributed by atoms with E-state index in [1.807, 2.05) is 5.48 Å². The number of halogens is 1. The zero-order valence-electron chi connectivity index (χ0n) is 4.50. The molecule has 2 N–H and O–H groups in total. The Morgan fingerprint density at radius 2 is 2.44 bits per heavy atom. The number of anilines is 1. The number of hydrogen-bond acceptors (Lipinski definition) is 3. The molecule has 0 saturated carbocycles. The van der Waals surface area contributed by atoms with Gasteiger partial charge in [-0.2, -0.15) is 0 Å². The fourth-order valence-corrected chi connectivity index (χ4v) is 0.631. The summed E-state index contributed by atoms with van der Waals surface area (Å²) in [6, 6.07) is 3.29. The molecule has 9 heavy (non-hydrogen) atoms. The van der Waals surface area contributed by atoms with E-state index in [2.05, 4.69) is 4.98 Å². The number of pyridine rings is 1. The minimum atomic E-state index is 0.264. The van der Waals surface area contributed by atoms with E-state index in [0.717, 1.165) is 0 Å². The molecule has 1 aromatic heterocycles. The minimum Gasteiger partial charge on any atom is -0.291 e. The van der Waals surface area contributed by atoms with Gasteiger partial charge in [0.05, 0.1) is 5.69 Å². The lowest BCUT2D eigenvalue weighted by atomic mass is 10.4. The number of nitrogens with one attached hydrogen (secondary N) is 1. The highest BCUT2D eigenvalue weighted by molar-refractivity contribution is 6.31.